The first kappa shape index (κ1) is 22.2. The van der Waals surface area contributed by atoms with Crippen LogP contribution in [-0.2, 0) is 13.6 Å². The fourth-order valence-electron chi connectivity index (χ4n) is 2.84. The van der Waals surface area contributed by atoms with Crippen molar-refractivity contribution < 1.29 is 13.5 Å². The summed E-state index contributed by atoms with van der Waals surface area (Å²) in [6, 6.07) is 13.2. The molecule has 2 N–H and O–H groups in total. The number of nitrogens with one attached hydrogen (secondary N) is 2. The van der Waals surface area contributed by atoms with Gasteiger partial charge in [-0.05, 0) is 31.5 Å². The molecule has 1 unspecified atom stereocenters. The Bertz CT molecular complexity index is 1020. The third-order valence-corrected chi connectivity index (χ3v) is 4.76. The van der Waals surface area contributed by atoms with Crippen LogP contribution in [0.15, 0.2) is 53.5 Å². The molecule has 0 aliphatic carbocycles. The number of nitrogens with zero attached hydrogens (tertiary/aromatic N) is 4. The smallest absolute Gasteiger partial charge is 0.192 e. The van der Waals surface area contributed by atoms with Crippen LogP contribution in [0.5, 0.6) is 5.75 Å². The zero-order valence-corrected chi connectivity index (χ0v) is 17.8. The quantitative estimate of drug-likeness (QED) is 0.327. The average molecular weight is 428 g/mol. The number of aliphatic imine (C=N–C) groups is 1. The number of ether oxygens (including phenoxy) is 1. The molecule has 7 nitrogen and oxygen atoms in total. The lowest BCUT2D eigenvalue weighted by molar-refractivity contribution is 0.304. The van der Waals surface area contributed by atoms with Gasteiger partial charge >= 0.3 is 0 Å². The summed E-state index contributed by atoms with van der Waals surface area (Å²) in [5.74, 6) is 0.718. The molecular formula is C22H26F2N6O. The van der Waals surface area contributed by atoms with Gasteiger partial charge in [-0.3, -0.25) is 0 Å². The van der Waals surface area contributed by atoms with Crippen molar-refractivity contribution in [3.63, 3.8) is 0 Å². The summed E-state index contributed by atoms with van der Waals surface area (Å²) in [6.45, 7) is 4.78. The summed E-state index contributed by atoms with van der Waals surface area (Å²) in [5.41, 5.74) is 1.11. The second-order valence-electron chi connectivity index (χ2n) is 7.01. The van der Waals surface area contributed by atoms with Crippen molar-refractivity contribution >= 4 is 5.96 Å². The number of guanidine groups is 1. The van der Waals surface area contributed by atoms with Crippen LogP contribution < -0.4 is 15.4 Å². The van der Waals surface area contributed by atoms with Crippen LogP contribution in [-0.4, -0.2) is 33.9 Å². The van der Waals surface area contributed by atoms with Gasteiger partial charge in [-0.2, -0.15) is 0 Å². The molecule has 0 radical (unpaired) electrons. The van der Waals surface area contributed by atoms with Crippen molar-refractivity contribution in [1.82, 2.24) is 25.4 Å². The lowest BCUT2D eigenvalue weighted by Gasteiger charge is -2.19. The minimum absolute atomic E-state index is 0.00172. The third kappa shape index (κ3) is 6.24. The summed E-state index contributed by atoms with van der Waals surface area (Å²) < 4.78 is 34.0. The van der Waals surface area contributed by atoms with E-state index in [-0.39, 0.29) is 18.4 Å². The van der Waals surface area contributed by atoms with E-state index < -0.39 is 11.6 Å². The number of rotatable bonds is 8. The Hall–Kier alpha value is -3.49. The van der Waals surface area contributed by atoms with Crippen LogP contribution in [0.3, 0.4) is 0 Å². The van der Waals surface area contributed by atoms with Crippen LogP contribution in [0.2, 0.25) is 0 Å². The molecule has 9 heteroatoms. The summed E-state index contributed by atoms with van der Waals surface area (Å²) in [6.07, 6.45) is 0. The minimum Gasteiger partial charge on any atom is -0.489 e. The molecule has 3 aromatic rings. The maximum atomic E-state index is 13.7. The van der Waals surface area contributed by atoms with Gasteiger partial charge in [0.15, 0.2) is 23.4 Å². The number of hydrogen-bond donors (Lipinski definition) is 2. The summed E-state index contributed by atoms with van der Waals surface area (Å²) in [4.78, 5) is 4.60. The number of halogens is 2. The Morgan fingerprint density at radius 3 is 2.61 bits per heavy atom. The summed E-state index contributed by atoms with van der Waals surface area (Å²) in [7, 11) is 1.89. The monoisotopic (exact) mass is 428 g/mol. The lowest BCUT2D eigenvalue weighted by Crippen LogP contribution is -2.40. The van der Waals surface area contributed by atoms with E-state index in [0.29, 0.717) is 19.0 Å². The molecule has 0 fully saturated rings. The molecular weight excluding hydrogens is 402 g/mol. The van der Waals surface area contributed by atoms with E-state index in [9.17, 15) is 8.78 Å². The second-order valence-corrected chi connectivity index (χ2v) is 7.01. The highest BCUT2D eigenvalue weighted by Crippen LogP contribution is 2.17. The van der Waals surface area contributed by atoms with Gasteiger partial charge in [0.2, 0.25) is 0 Å². The fraction of sp³-hybridized carbons (Fsp3) is 0.318. The topological polar surface area (TPSA) is 76.4 Å². The molecule has 0 spiro atoms. The van der Waals surface area contributed by atoms with Crippen LogP contribution >= 0.6 is 0 Å². The first-order valence-electron chi connectivity index (χ1n) is 9.96. The highest BCUT2D eigenvalue weighted by atomic mass is 19.1. The number of hydrogen-bond acceptors (Lipinski definition) is 4. The van der Waals surface area contributed by atoms with Gasteiger partial charge in [0, 0.05) is 13.1 Å². The first-order chi connectivity index (χ1) is 14.9. The second kappa shape index (κ2) is 10.5. The molecule has 0 saturated heterocycles. The molecule has 1 aromatic heterocycles. The number of benzene rings is 2. The highest BCUT2D eigenvalue weighted by molar-refractivity contribution is 5.80. The molecule has 1 heterocycles. The van der Waals surface area contributed by atoms with Gasteiger partial charge in [0.1, 0.15) is 24.8 Å². The largest absolute Gasteiger partial charge is 0.489 e. The average Bonchev–Trinajstić information content (AvgIpc) is 3.08. The Balaban J connectivity index is 1.63. The minimum atomic E-state index is -0.734. The molecule has 164 valence electrons. The third-order valence-electron chi connectivity index (χ3n) is 4.76. The maximum absolute atomic E-state index is 13.7. The Labute approximate surface area is 180 Å². The van der Waals surface area contributed by atoms with Crippen molar-refractivity contribution in [2.24, 2.45) is 12.0 Å². The van der Waals surface area contributed by atoms with Gasteiger partial charge in [0.05, 0.1) is 12.6 Å². The van der Waals surface area contributed by atoms with Crippen molar-refractivity contribution in [3.05, 3.63) is 77.4 Å². The SMILES string of the molecule is Cc1nnc(CN=C(NCCOc2ccc(F)cc2F)NC(C)c2ccccc2)n1C. The van der Waals surface area contributed by atoms with E-state index in [1.54, 1.807) is 0 Å². The molecule has 0 saturated carbocycles. The van der Waals surface area contributed by atoms with Gasteiger partial charge in [-0.15, -0.1) is 10.2 Å². The predicted octanol–water partition coefficient (Wildman–Crippen LogP) is 3.28. The van der Waals surface area contributed by atoms with E-state index in [2.05, 4.69) is 25.8 Å². The van der Waals surface area contributed by atoms with E-state index in [1.807, 2.05) is 55.8 Å². The zero-order chi connectivity index (χ0) is 22.2. The fourth-order valence-corrected chi connectivity index (χ4v) is 2.84. The first-order valence-corrected chi connectivity index (χ1v) is 9.96. The normalized spacial score (nSPS) is 12.5. The van der Waals surface area contributed by atoms with Crippen LogP contribution in [0, 0.1) is 18.6 Å². The molecule has 0 aliphatic rings. The van der Waals surface area contributed by atoms with Gasteiger partial charge in [-0.1, -0.05) is 30.3 Å². The molecule has 0 bridgehead atoms. The molecule has 0 aliphatic heterocycles. The van der Waals surface area contributed by atoms with Crippen LogP contribution in [0.4, 0.5) is 8.78 Å². The van der Waals surface area contributed by atoms with E-state index in [0.717, 1.165) is 29.3 Å². The van der Waals surface area contributed by atoms with Gasteiger partial charge < -0.3 is 19.9 Å². The van der Waals surface area contributed by atoms with E-state index in [1.165, 1.54) is 6.07 Å². The van der Waals surface area contributed by atoms with E-state index >= 15 is 0 Å². The molecule has 31 heavy (non-hydrogen) atoms. The maximum Gasteiger partial charge on any atom is 0.192 e. The molecule has 2 aromatic carbocycles. The number of aryl methyl sites for hydroxylation is 1. The molecule has 1 atom stereocenters. The lowest BCUT2D eigenvalue weighted by atomic mass is 10.1. The molecule has 0 amide bonds. The highest BCUT2D eigenvalue weighted by Gasteiger charge is 2.10. The Kier molecular flexibility index (Phi) is 7.53. The van der Waals surface area contributed by atoms with Gasteiger partial charge in [0.25, 0.3) is 0 Å². The zero-order valence-electron chi connectivity index (χ0n) is 17.8. The van der Waals surface area contributed by atoms with Crippen molar-refractivity contribution in [1.29, 1.82) is 0 Å². The number of aromatic nitrogens is 3. The van der Waals surface area contributed by atoms with E-state index in [4.69, 9.17) is 4.74 Å². The van der Waals surface area contributed by atoms with Crippen molar-refractivity contribution in [2.45, 2.75) is 26.4 Å². The van der Waals surface area contributed by atoms with Crippen LogP contribution in [0.1, 0.15) is 30.2 Å². The predicted molar refractivity (Wildman–Crippen MR) is 115 cm³/mol. The summed E-state index contributed by atoms with van der Waals surface area (Å²) >= 11 is 0. The summed E-state index contributed by atoms with van der Waals surface area (Å²) in [5, 5.41) is 14.7. The standard InChI is InChI=1S/C22H26F2N6O/c1-15(17-7-5-4-6-8-17)27-22(26-14-21-29-28-16(2)30(21)3)25-11-12-31-20-10-9-18(23)13-19(20)24/h4-10,13,15H,11-12,14H2,1-3H3,(H2,25,26,27). The Morgan fingerprint density at radius 2 is 1.94 bits per heavy atom. The molecule has 3 rings (SSSR count). The van der Waals surface area contributed by atoms with Crippen LogP contribution in [0.25, 0.3) is 0 Å². The van der Waals surface area contributed by atoms with Crippen molar-refractivity contribution in [3.8, 4) is 5.75 Å². The van der Waals surface area contributed by atoms with Gasteiger partial charge in [-0.25, -0.2) is 13.8 Å². The van der Waals surface area contributed by atoms with Crippen molar-refractivity contribution in [2.75, 3.05) is 13.2 Å². The Morgan fingerprint density at radius 1 is 1.16 bits per heavy atom.